The minimum Gasteiger partial charge on any atom is -0.456 e. The van der Waals surface area contributed by atoms with E-state index in [1.807, 2.05) is 35.6 Å². The molecule has 9 aromatic rings. The maximum absolute atomic E-state index is 6.34. The second-order valence-electron chi connectivity index (χ2n) is 12.2. The lowest BCUT2D eigenvalue weighted by Crippen LogP contribution is -1.97. The lowest BCUT2D eigenvalue weighted by atomic mass is 9.92. The van der Waals surface area contributed by atoms with Gasteiger partial charge in [-0.05, 0) is 58.5 Å². The molecule has 224 valence electrons. The number of fused-ring (bicyclic) bond motifs is 5. The third-order valence-corrected chi connectivity index (χ3v) is 10.4. The van der Waals surface area contributed by atoms with Crippen LogP contribution in [0.25, 0.3) is 87.1 Å². The molecule has 3 heterocycles. The van der Waals surface area contributed by atoms with Crippen LogP contribution < -0.4 is 4.74 Å². The van der Waals surface area contributed by atoms with E-state index < -0.39 is 0 Å². The summed E-state index contributed by atoms with van der Waals surface area (Å²) in [7, 11) is 0. The van der Waals surface area contributed by atoms with E-state index in [-0.39, 0.29) is 0 Å². The molecule has 10 rings (SSSR count). The molecule has 3 nitrogen and oxygen atoms in total. The highest BCUT2D eigenvalue weighted by molar-refractivity contribution is 7.25. The Morgan fingerprint density at radius 1 is 0.417 bits per heavy atom. The van der Waals surface area contributed by atoms with Gasteiger partial charge in [-0.3, -0.25) is 0 Å². The van der Waals surface area contributed by atoms with Gasteiger partial charge in [-0.25, -0.2) is 9.97 Å². The second kappa shape index (κ2) is 10.7. The van der Waals surface area contributed by atoms with E-state index in [0.717, 1.165) is 56.3 Å². The van der Waals surface area contributed by atoms with Crippen molar-refractivity contribution in [3.8, 4) is 67.7 Å². The largest absolute Gasteiger partial charge is 0.456 e. The van der Waals surface area contributed by atoms with Gasteiger partial charge in [0.1, 0.15) is 11.5 Å². The normalized spacial score (nSPS) is 11.9. The van der Waals surface area contributed by atoms with Gasteiger partial charge >= 0.3 is 0 Å². The van der Waals surface area contributed by atoms with Gasteiger partial charge in [0.2, 0.25) is 0 Å². The Hall–Kier alpha value is -6.10. The molecule has 0 N–H and O–H groups in total. The first kappa shape index (κ1) is 27.1. The molecule has 1 aliphatic heterocycles. The Kier molecular flexibility index (Phi) is 6.05. The van der Waals surface area contributed by atoms with Crippen molar-refractivity contribution < 1.29 is 4.74 Å². The van der Waals surface area contributed by atoms with Gasteiger partial charge in [0.15, 0.2) is 5.82 Å². The number of nitrogens with zero attached hydrogens (tertiary/aromatic N) is 2. The van der Waals surface area contributed by atoms with Crippen LogP contribution in [0, 0.1) is 0 Å². The second-order valence-corrected chi connectivity index (χ2v) is 13.2. The molecule has 4 heteroatoms. The number of hydrogen-bond donors (Lipinski definition) is 0. The number of ether oxygens (including phenoxy) is 1. The fourth-order valence-electron chi connectivity index (χ4n) is 7.01. The van der Waals surface area contributed by atoms with Gasteiger partial charge in [-0.1, -0.05) is 121 Å². The summed E-state index contributed by atoms with van der Waals surface area (Å²) in [6, 6.07) is 55.4. The highest BCUT2D eigenvalue weighted by Gasteiger charge is 2.21. The summed E-state index contributed by atoms with van der Waals surface area (Å²) < 4.78 is 8.88. The van der Waals surface area contributed by atoms with Gasteiger partial charge in [-0.2, -0.15) is 0 Å². The first-order chi connectivity index (χ1) is 23.8. The van der Waals surface area contributed by atoms with Crippen molar-refractivity contribution in [2.24, 2.45) is 0 Å². The van der Waals surface area contributed by atoms with Gasteiger partial charge in [0, 0.05) is 47.8 Å². The van der Waals surface area contributed by atoms with Crippen LogP contribution in [0.15, 0.2) is 158 Å². The molecular weight excluding hydrogens is 605 g/mol. The fourth-order valence-corrected chi connectivity index (χ4v) is 8.15. The molecule has 0 fully saturated rings. The Morgan fingerprint density at radius 3 is 2.02 bits per heavy atom. The summed E-state index contributed by atoms with van der Waals surface area (Å²) in [5.41, 5.74) is 9.57. The van der Waals surface area contributed by atoms with Gasteiger partial charge in [0.25, 0.3) is 0 Å². The van der Waals surface area contributed by atoms with E-state index in [2.05, 4.69) is 133 Å². The number of aromatic nitrogens is 2. The zero-order valence-electron chi connectivity index (χ0n) is 25.7. The summed E-state index contributed by atoms with van der Waals surface area (Å²) in [6.45, 7) is 0. The molecule has 48 heavy (non-hydrogen) atoms. The lowest BCUT2D eigenvalue weighted by Gasteiger charge is -2.22. The van der Waals surface area contributed by atoms with Crippen LogP contribution in [0.3, 0.4) is 0 Å². The molecule has 0 spiro atoms. The molecule has 0 saturated carbocycles. The van der Waals surface area contributed by atoms with Crippen LogP contribution >= 0.6 is 11.3 Å². The van der Waals surface area contributed by atoms with E-state index in [9.17, 15) is 0 Å². The van der Waals surface area contributed by atoms with Crippen molar-refractivity contribution in [2.75, 3.05) is 0 Å². The summed E-state index contributed by atoms with van der Waals surface area (Å²) in [5, 5.41) is 4.86. The zero-order valence-corrected chi connectivity index (χ0v) is 26.5. The molecule has 1 aliphatic rings. The number of hydrogen-bond acceptors (Lipinski definition) is 4. The third kappa shape index (κ3) is 4.34. The molecule has 0 bridgehead atoms. The quantitative estimate of drug-likeness (QED) is 0.194. The average molecular weight is 631 g/mol. The predicted octanol–water partition coefficient (Wildman–Crippen LogP) is 12.4. The maximum Gasteiger partial charge on any atom is 0.160 e. The van der Waals surface area contributed by atoms with E-state index in [0.29, 0.717) is 5.82 Å². The Labute approximate surface area is 281 Å². The van der Waals surface area contributed by atoms with Crippen molar-refractivity contribution in [3.05, 3.63) is 158 Å². The summed E-state index contributed by atoms with van der Waals surface area (Å²) in [5.74, 6) is 2.51. The van der Waals surface area contributed by atoms with Gasteiger partial charge in [0.05, 0.1) is 11.4 Å². The average Bonchev–Trinajstić information content (AvgIpc) is 3.54. The van der Waals surface area contributed by atoms with Gasteiger partial charge < -0.3 is 4.74 Å². The number of thiophene rings is 1. The predicted molar refractivity (Wildman–Crippen MR) is 200 cm³/mol. The van der Waals surface area contributed by atoms with Crippen LogP contribution in [0.1, 0.15) is 0 Å². The van der Waals surface area contributed by atoms with Crippen LogP contribution in [-0.4, -0.2) is 9.97 Å². The maximum atomic E-state index is 6.34. The summed E-state index contributed by atoms with van der Waals surface area (Å²) >= 11 is 1.82. The monoisotopic (exact) mass is 630 g/mol. The van der Waals surface area contributed by atoms with Gasteiger partial charge in [-0.15, -0.1) is 11.3 Å². The smallest absolute Gasteiger partial charge is 0.160 e. The minimum absolute atomic E-state index is 0.716. The zero-order chi connectivity index (χ0) is 31.6. The highest BCUT2D eigenvalue weighted by Crippen LogP contribution is 2.47. The van der Waals surface area contributed by atoms with E-state index >= 15 is 0 Å². The Balaban J connectivity index is 1.08. The molecule has 0 unspecified atom stereocenters. The molecule has 2 aromatic heterocycles. The third-order valence-electron chi connectivity index (χ3n) is 9.31. The van der Waals surface area contributed by atoms with Crippen molar-refractivity contribution in [1.82, 2.24) is 9.97 Å². The van der Waals surface area contributed by atoms with Crippen LogP contribution in [-0.2, 0) is 0 Å². The topological polar surface area (TPSA) is 35.0 Å². The van der Waals surface area contributed by atoms with E-state index in [1.165, 1.54) is 36.5 Å². The summed E-state index contributed by atoms with van der Waals surface area (Å²) in [4.78, 5) is 10.3. The van der Waals surface area contributed by atoms with E-state index in [4.69, 9.17) is 14.7 Å². The molecule has 0 saturated heterocycles. The molecular formula is C44H26N2OS. The molecule has 0 aliphatic carbocycles. The van der Waals surface area contributed by atoms with Crippen LogP contribution in [0.4, 0.5) is 0 Å². The number of benzene rings is 7. The van der Waals surface area contributed by atoms with Crippen molar-refractivity contribution in [3.63, 3.8) is 0 Å². The van der Waals surface area contributed by atoms with Crippen LogP contribution in [0.2, 0.25) is 0 Å². The Bertz CT molecular complexity index is 2690. The fraction of sp³-hybridized carbons (Fsp3) is 0. The van der Waals surface area contributed by atoms with Crippen molar-refractivity contribution in [1.29, 1.82) is 0 Å². The van der Waals surface area contributed by atoms with E-state index in [1.54, 1.807) is 0 Å². The number of rotatable bonds is 4. The highest BCUT2D eigenvalue weighted by atomic mass is 32.1. The molecule has 7 aromatic carbocycles. The van der Waals surface area contributed by atoms with Crippen molar-refractivity contribution >= 4 is 42.3 Å². The van der Waals surface area contributed by atoms with Crippen LogP contribution in [0.5, 0.6) is 11.5 Å². The lowest BCUT2D eigenvalue weighted by molar-refractivity contribution is 0.487. The first-order valence-corrected chi connectivity index (χ1v) is 16.9. The minimum atomic E-state index is 0.716. The summed E-state index contributed by atoms with van der Waals surface area (Å²) in [6.07, 6.45) is 0. The SMILES string of the molecule is c1ccc(-c2nc(-c3ccc(-c4ccc5c(c4)-c4cccc6cccc(c46)O5)cc3)cc(-c3cccc4sc5ccccc5c34)n2)cc1. The molecule has 0 radical (unpaired) electrons. The first-order valence-electron chi connectivity index (χ1n) is 16.1. The Morgan fingerprint density at radius 2 is 1.12 bits per heavy atom. The molecule has 0 atom stereocenters. The molecule has 0 amide bonds. The standard InChI is InChI=1S/C44H26N2OS/c1-2-9-30(10-3-1)44-45-36(26-37(46-44)33-15-8-18-41-43(33)34-13-4-5-17-40(34)48-41)28-21-19-27(20-22-28)31-23-24-38-35(25-31)32-14-6-11-29-12-7-16-39(47-38)42(29)32/h1-26H. The van der Waals surface area contributed by atoms with Crippen molar-refractivity contribution in [2.45, 2.75) is 0 Å².